The third-order valence-electron chi connectivity index (χ3n) is 5.54. The molecule has 0 aromatic heterocycles. The van der Waals surface area contributed by atoms with Crippen LogP contribution in [-0.2, 0) is 27.4 Å². The second kappa shape index (κ2) is 11.2. The number of guanidine groups is 1. The first-order valence-corrected chi connectivity index (χ1v) is 10.7. The first-order chi connectivity index (χ1) is 14.2. The molecule has 2 heterocycles. The fourth-order valence-electron chi connectivity index (χ4n) is 3.92. The van der Waals surface area contributed by atoms with Crippen molar-refractivity contribution in [1.82, 2.24) is 15.1 Å². The molecule has 2 fully saturated rings. The van der Waals surface area contributed by atoms with Gasteiger partial charge in [0.15, 0.2) is 5.96 Å². The Kier molecular flexibility index (Phi) is 8.31. The largest absolute Gasteiger partial charge is 0.466 e. The Morgan fingerprint density at radius 2 is 1.93 bits per heavy atom. The standard InChI is InChI=1S/C22H34N4O3/c1-3-29-21(27)20-5-4-10-26(17-20)22(23-2)24-15-18-6-8-19(9-7-18)16-25-11-13-28-14-12-25/h6-9,20H,3-5,10-17H2,1-2H3,(H,23,24). The van der Waals surface area contributed by atoms with Crippen molar-refractivity contribution in [3.05, 3.63) is 35.4 Å². The van der Waals surface area contributed by atoms with Crippen LogP contribution in [0.2, 0.25) is 0 Å². The van der Waals surface area contributed by atoms with Crippen molar-refractivity contribution in [2.75, 3.05) is 53.0 Å². The molecule has 2 aliphatic heterocycles. The van der Waals surface area contributed by atoms with E-state index >= 15 is 0 Å². The van der Waals surface area contributed by atoms with Crippen molar-refractivity contribution in [1.29, 1.82) is 0 Å². The van der Waals surface area contributed by atoms with Gasteiger partial charge in [-0.15, -0.1) is 0 Å². The SMILES string of the molecule is CCOC(=O)C1CCCN(C(=NC)NCc2ccc(CN3CCOCC3)cc2)C1. The van der Waals surface area contributed by atoms with Crippen molar-refractivity contribution in [3.63, 3.8) is 0 Å². The van der Waals surface area contributed by atoms with Gasteiger partial charge in [-0.05, 0) is 30.9 Å². The molecule has 0 radical (unpaired) electrons. The maximum Gasteiger partial charge on any atom is 0.310 e. The van der Waals surface area contributed by atoms with E-state index in [1.807, 2.05) is 6.92 Å². The normalized spacial score (nSPS) is 21.1. The Balaban J connectivity index is 1.49. The van der Waals surface area contributed by atoms with Gasteiger partial charge in [0.2, 0.25) is 0 Å². The summed E-state index contributed by atoms with van der Waals surface area (Å²) < 4.78 is 10.6. The molecule has 160 valence electrons. The lowest BCUT2D eigenvalue weighted by atomic mass is 9.98. The number of rotatable bonds is 6. The Morgan fingerprint density at radius 1 is 1.21 bits per heavy atom. The maximum absolute atomic E-state index is 12.1. The van der Waals surface area contributed by atoms with Crippen LogP contribution in [-0.4, -0.2) is 74.8 Å². The third kappa shape index (κ3) is 6.44. The van der Waals surface area contributed by atoms with Crippen molar-refractivity contribution in [2.45, 2.75) is 32.9 Å². The number of aliphatic imine (C=N–C) groups is 1. The molecule has 0 amide bonds. The van der Waals surface area contributed by atoms with Crippen molar-refractivity contribution in [2.24, 2.45) is 10.9 Å². The summed E-state index contributed by atoms with van der Waals surface area (Å²) in [7, 11) is 1.79. The second-order valence-corrected chi connectivity index (χ2v) is 7.64. The molecular weight excluding hydrogens is 368 g/mol. The number of piperidine rings is 1. The summed E-state index contributed by atoms with van der Waals surface area (Å²) in [5.41, 5.74) is 2.55. The van der Waals surface area contributed by atoms with Gasteiger partial charge >= 0.3 is 5.97 Å². The van der Waals surface area contributed by atoms with Gasteiger partial charge < -0.3 is 19.7 Å². The number of hydrogen-bond acceptors (Lipinski definition) is 5. The topological polar surface area (TPSA) is 66.4 Å². The average molecular weight is 403 g/mol. The first kappa shape index (κ1) is 21.6. The van der Waals surface area contributed by atoms with Crippen molar-refractivity contribution < 1.29 is 14.3 Å². The zero-order chi connectivity index (χ0) is 20.5. The van der Waals surface area contributed by atoms with E-state index in [0.29, 0.717) is 19.7 Å². The number of nitrogens with one attached hydrogen (secondary N) is 1. The smallest absolute Gasteiger partial charge is 0.310 e. The van der Waals surface area contributed by atoms with Gasteiger partial charge in [-0.2, -0.15) is 0 Å². The predicted molar refractivity (Wildman–Crippen MR) is 114 cm³/mol. The molecule has 0 aliphatic carbocycles. The van der Waals surface area contributed by atoms with E-state index in [2.05, 4.69) is 44.4 Å². The number of carbonyl (C=O) groups is 1. The van der Waals surface area contributed by atoms with E-state index in [-0.39, 0.29) is 11.9 Å². The molecule has 1 aromatic rings. The number of benzene rings is 1. The van der Waals surface area contributed by atoms with E-state index in [1.54, 1.807) is 7.05 Å². The summed E-state index contributed by atoms with van der Waals surface area (Å²) in [6.07, 6.45) is 1.86. The number of ether oxygens (including phenoxy) is 2. The molecule has 2 saturated heterocycles. The van der Waals surface area contributed by atoms with Crippen molar-refractivity contribution in [3.8, 4) is 0 Å². The van der Waals surface area contributed by atoms with Gasteiger partial charge in [-0.3, -0.25) is 14.7 Å². The highest BCUT2D eigenvalue weighted by atomic mass is 16.5. The van der Waals surface area contributed by atoms with Gasteiger partial charge in [-0.1, -0.05) is 24.3 Å². The predicted octanol–water partition coefficient (Wildman–Crippen LogP) is 1.87. The lowest BCUT2D eigenvalue weighted by Gasteiger charge is -2.34. The second-order valence-electron chi connectivity index (χ2n) is 7.64. The minimum Gasteiger partial charge on any atom is -0.466 e. The summed E-state index contributed by atoms with van der Waals surface area (Å²) in [6, 6.07) is 8.75. The number of esters is 1. The van der Waals surface area contributed by atoms with Gasteiger partial charge in [-0.25, -0.2) is 0 Å². The zero-order valence-corrected chi connectivity index (χ0v) is 17.7. The lowest BCUT2D eigenvalue weighted by Crippen LogP contribution is -2.48. The Labute approximate surface area is 174 Å². The molecule has 0 spiro atoms. The van der Waals surface area contributed by atoms with Gasteiger partial charge in [0.25, 0.3) is 0 Å². The van der Waals surface area contributed by atoms with Crippen LogP contribution in [0.4, 0.5) is 0 Å². The fourth-order valence-corrected chi connectivity index (χ4v) is 3.92. The molecule has 7 nitrogen and oxygen atoms in total. The van der Waals surface area contributed by atoms with Gasteiger partial charge in [0.1, 0.15) is 0 Å². The average Bonchev–Trinajstić information content (AvgIpc) is 2.76. The van der Waals surface area contributed by atoms with Crippen LogP contribution in [0, 0.1) is 5.92 Å². The third-order valence-corrected chi connectivity index (χ3v) is 5.54. The Bertz CT molecular complexity index is 671. The number of carbonyl (C=O) groups excluding carboxylic acids is 1. The molecule has 3 rings (SSSR count). The van der Waals surface area contributed by atoms with E-state index in [9.17, 15) is 4.79 Å². The van der Waals surface area contributed by atoms with E-state index in [4.69, 9.17) is 9.47 Å². The number of likely N-dealkylation sites (tertiary alicyclic amines) is 1. The van der Waals surface area contributed by atoms with Crippen LogP contribution in [0.1, 0.15) is 30.9 Å². The van der Waals surface area contributed by atoms with Crippen LogP contribution in [0.3, 0.4) is 0 Å². The highest BCUT2D eigenvalue weighted by molar-refractivity contribution is 5.81. The molecule has 2 aliphatic rings. The summed E-state index contributed by atoms with van der Waals surface area (Å²) in [5, 5.41) is 3.44. The number of nitrogens with zero attached hydrogens (tertiary/aromatic N) is 3. The maximum atomic E-state index is 12.1. The molecule has 1 N–H and O–H groups in total. The number of morpholine rings is 1. The zero-order valence-electron chi connectivity index (χ0n) is 17.7. The molecule has 1 aromatic carbocycles. The lowest BCUT2D eigenvalue weighted by molar-refractivity contribution is -0.149. The number of hydrogen-bond donors (Lipinski definition) is 1. The van der Waals surface area contributed by atoms with Crippen LogP contribution < -0.4 is 5.32 Å². The summed E-state index contributed by atoms with van der Waals surface area (Å²) >= 11 is 0. The molecule has 0 bridgehead atoms. The highest BCUT2D eigenvalue weighted by Crippen LogP contribution is 2.18. The first-order valence-electron chi connectivity index (χ1n) is 10.7. The molecule has 7 heteroatoms. The molecule has 1 atom stereocenters. The van der Waals surface area contributed by atoms with Crippen LogP contribution in [0.15, 0.2) is 29.3 Å². The van der Waals surface area contributed by atoms with E-state index in [0.717, 1.165) is 58.2 Å². The van der Waals surface area contributed by atoms with Crippen LogP contribution in [0.5, 0.6) is 0 Å². The van der Waals surface area contributed by atoms with Gasteiger partial charge in [0.05, 0.1) is 25.7 Å². The molecule has 0 saturated carbocycles. The van der Waals surface area contributed by atoms with Crippen LogP contribution in [0.25, 0.3) is 0 Å². The van der Waals surface area contributed by atoms with E-state index in [1.165, 1.54) is 11.1 Å². The monoisotopic (exact) mass is 402 g/mol. The molecule has 1 unspecified atom stereocenters. The minimum atomic E-state index is -0.0940. The van der Waals surface area contributed by atoms with Gasteiger partial charge in [0, 0.05) is 46.3 Å². The minimum absolute atomic E-state index is 0.0679. The fraction of sp³-hybridized carbons (Fsp3) is 0.636. The van der Waals surface area contributed by atoms with E-state index < -0.39 is 0 Å². The highest BCUT2D eigenvalue weighted by Gasteiger charge is 2.28. The quantitative estimate of drug-likeness (QED) is 0.445. The molecular formula is C22H34N4O3. The summed E-state index contributed by atoms with van der Waals surface area (Å²) in [4.78, 5) is 21.1. The summed E-state index contributed by atoms with van der Waals surface area (Å²) in [5.74, 6) is 0.682. The van der Waals surface area contributed by atoms with Crippen molar-refractivity contribution >= 4 is 11.9 Å². The summed E-state index contributed by atoms with van der Waals surface area (Å²) in [6.45, 7) is 9.21. The van der Waals surface area contributed by atoms with Crippen LogP contribution >= 0.6 is 0 Å². The Hall–Kier alpha value is -2.12. The molecule has 29 heavy (non-hydrogen) atoms. The Morgan fingerprint density at radius 3 is 2.62 bits per heavy atom.